The Kier molecular flexibility index (Phi) is 6.73. The number of likely N-dealkylation sites (tertiary alicyclic amines) is 1. The van der Waals surface area contributed by atoms with Gasteiger partial charge in [-0.05, 0) is 49.2 Å². The molecule has 0 bridgehead atoms. The quantitative estimate of drug-likeness (QED) is 0.518. The molecule has 7 nitrogen and oxygen atoms in total. The first-order valence-electron chi connectivity index (χ1n) is 10.8. The van der Waals surface area contributed by atoms with Gasteiger partial charge in [-0.15, -0.1) is 0 Å². The zero-order chi connectivity index (χ0) is 21.8. The summed E-state index contributed by atoms with van der Waals surface area (Å²) in [5.41, 5.74) is 2.22. The molecule has 2 aromatic carbocycles. The van der Waals surface area contributed by atoms with Crippen molar-refractivity contribution in [2.45, 2.75) is 31.8 Å². The van der Waals surface area contributed by atoms with Gasteiger partial charge >= 0.3 is 0 Å². The molecule has 31 heavy (non-hydrogen) atoms. The highest BCUT2D eigenvalue weighted by atomic mass is 35.5. The molecule has 1 atom stereocenters. The first-order chi connectivity index (χ1) is 15.0. The Bertz CT molecular complexity index is 911. The van der Waals surface area contributed by atoms with E-state index in [0.717, 1.165) is 56.2 Å². The van der Waals surface area contributed by atoms with Crippen molar-refractivity contribution in [3.63, 3.8) is 0 Å². The summed E-state index contributed by atoms with van der Waals surface area (Å²) in [5, 5.41) is 11.6. The molecule has 8 heteroatoms. The van der Waals surface area contributed by atoms with Crippen LogP contribution in [0.3, 0.4) is 0 Å². The summed E-state index contributed by atoms with van der Waals surface area (Å²) in [5.74, 6) is 0.219. The molecule has 2 fully saturated rings. The third-order valence-electron chi connectivity index (χ3n) is 6.21. The summed E-state index contributed by atoms with van der Waals surface area (Å²) in [4.78, 5) is 30.3. The van der Waals surface area contributed by atoms with Gasteiger partial charge < -0.3 is 9.80 Å². The minimum atomic E-state index is -0.389. The maximum absolute atomic E-state index is 13.3. The van der Waals surface area contributed by atoms with Crippen molar-refractivity contribution < 1.29 is 9.72 Å². The Morgan fingerprint density at radius 3 is 2.29 bits per heavy atom. The van der Waals surface area contributed by atoms with Crippen LogP contribution in [0.25, 0.3) is 0 Å². The third-order valence-corrected chi connectivity index (χ3v) is 6.47. The molecule has 1 amide bonds. The van der Waals surface area contributed by atoms with Crippen molar-refractivity contribution in [2.75, 3.05) is 37.6 Å². The number of benzene rings is 2. The van der Waals surface area contributed by atoms with E-state index >= 15 is 0 Å². The van der Waals surface area contributed by atoms with E-state index in [2.05, 4.69) is 9.80 Å². The van der Waals surface area contributed by atoms with Crippen LogP contribution in [0.15, 0.2) is 48.5 Å². The Labute approximate surface area is 187 Å². The van der Waals surface area contributed by atoms with Crippen LogP contribution in [0.4, 0.5) is 11.4 Å². The van der Waals surface area contributed by atoms with Gasteiger partial charge in [0.2, 0.25) is 5.91 Å². The zero-order valence-electron chi connectivity index (χ0n) is 17.5. The molecule has 2 heterocycles. The Hall–Kier alpha value is -2.64. The highest BCUT2D eigenvalue weighted by Crippen LogP contribution is 2.24. The average molecular weight is 443 g/mol. The summed E-state index contributed by atoms with van der Waals surface area (Å²) in [6.45, 7) is 4.49. The Morgan fingerprint density at radius 1 is 0.968 bits per heavy atom. The van der Waals surface area contributed by atoms with E-state index in [-0.39, 0.29) is 22.6 Å². The van der Waals surface area contributed by atoms with Gasteiger partial charge in [-0.3, -0.25) is 19.8 Å². The van der Waals surface area contributed by atoms with Crippen molar-refractivity contribution in [3.05, 3.63) is 69.2 Å². The molecule has 0 aliphatic carbocycles. The number of amides is 1. The van der Waals surface area contributed by atoms with Gasteiger partial charge in [0.15, 0.2) is 0 Å². The highest BCUT2D eigenvalue weighted by molar-refractivity contribution is 6.30. The number of nitrogens with zero attached hydrogens (tertiary/aromatic N) is 4. The molecule has 2 aliphatic rings. The number of hydrogen-bond donors (Lipinski definition) is 0. The summed E-state index contributed by atoms with van der Waals surface area (Å²) < 4.78 is 0. The summed E-state index contributed by atoms with van der Waals surface area (Å²) in [7, 11) is 0. The lowest BCUT2D eigenvalue weighted by Crippen LogP contribution is -2.56. The monoisotopic (exact) mass is 442 g/mol. The van der Waals surface area contributed by atoms with E-state index < -0.39 is 0 Å². The second-order valence-corrected chi connectivity index (χ2v) is 8.63. The molecule has 0 spiro atoms. The lowest BCUT2D eigenvalue weighted by atomic mass is 9.99. The molecule has 2 aliphatic heterocycles. The fourth-order valence-corrected chi connectivity index (χ4v) is 4.59. The van der Waals surface area contributed by atoms with Crippen LogP contribution in [-0.4, -0.2) is 59.4 Å². The highest BCUT2D eigenvalue weighted by Gasteiger charge is 2.33. The number of piperidine rings is 1. The predicted octanol–water partition coefficient (Wildman–Crippen LogP) is 3.95. The van der Waals surface area contributed by atoms with Gasteiger partial charge in [-0.2, -0.15) is 0 Å². The van der Waals surface area contributed by atoms with Crippen LogP contribution >= 0.6 is 11.6 Å². The standard InChI is InChI=1S/C23H27ClN4O3/c24-19-6-4-18(5-7-19)17-27-12-2-1-3-22(27)23(29)26-15-13-25(14-16-26)20-8-10-21(11-9-20)28(30)31/h4-11,22H,1-3,12-17H2. The van der Waals surface area contributed by atoms with Gasteiger partial charge in [-0.1, -0.05) is 30.2 Å². The molecular weight excluding hydrogens is 416 g/mol. The second kappa shape index (κ2) is 9.66. The van der Waals surface area contributed by atoms with E-state index in [4.69, 9.17) is 11.6 Å². The Morgan fingerprint density at radius 2 is 1.65 bits per heavy atom. The fraction of sp³-hybridized carbons (Fsp3) is 0.435. The summed E-state index contributed by atoms with van der Waals surface area (Å²) >= 11 is 6.00. The molecule has 0 aromatic heterocycles. The molecule has 0 saturated carbocycles. The fourth-order valence-electron chi connectivity index (χ4n) is 4.47. The average Bonchev–Trinajstić information content (AvgIpc) is 2.81. The van der Waals surface area contributed by atoms with Crippen molar-refractivity contribution in [1.82, 2.24) is 9.80 Å². The number of hydrogen-bond acceptors (Lipinski definition) is 5. The molecule has 2 saturated heterocycles. The van der Waals surface area contributed by atoms with Crippen LogP contribution in [0.5, 0.6) is 0 Å². The predicted molar refractivity (Wildman–Crippen MR) is 121 cm³/mol. The summed E-state index contributed by atoms with van der Waals surface area (Å²) in [6.07, 6.45) is 3.09. The van der Waals surface area contributed by atoms with Crippen LogP contribution in [-0.2, 0) is 11.3 Å². The van der Waals surface area contributed by atoms with Gasteiger partial charge in [-0.25, -0.2) is 0 Å². The van der Waals surface area contributed by atoms with E-state index in [1.165, 1.54) is 17.7 Å². The third kappa shape index (κ3) is 5.17. The lowest BCUT2D eigenvalue weighted by molar-refractivity contribution is -0.384. The van der Waals surface area contributed by atoms with Crippen molar-refractivity contribution in [1.29, 1.82) is 0 Å². The topological polar surface area (TPSA) is 69.9 Å². The van der Waals surface area contributed by atoms with E-state index in [1.54, 1.807) is 12.1 Å². The molecule has 2 aromatic rings. The minimum Gasteiger partial charge on any atom is -0.368 e. The van der Waals surface area contributed by atoms with Crippen LogP contribution in [0, 0.1) is 10.1 Å². The van der Waals surface area contributed by atoms with Gasteiger partial charge in [0.25, 0.3) is 5.69 Å². The number of carbonyl (C=O) groups excluding carboxylic acids is 1. The number of carbonyl (C=O) groups is 1. The maximum Gasteiger partial charge on any atom is 0.269 e. The number of rotatable bonds is 5. The van der Waals surface area contributed by atoms with Crippen LogP contribution in [0.1, 0.15) is 24.8 Å². The maximum atomic E-state index is 13.3. The van der Waals surface area contributed by atoms with Crippen molar-refractivity contribution >= 4 is 28.9 Å². The minimum absolute atomic E-state index is 0.0737. The van der Waals surface area contributed by atoms with Gasteiger partial charge in [0.05, 0.1) is 11.0 Å². The molecule has 164 valence electrons. The SMILES string of the molecule is O=C(C1CCCCN1Cc1ccc(Cl)cc1)N1CCN(c2ccc([N+](=O)[O-])cc2)CC1. The molecule has 4 rings (SSSR count). The number of piperazine rings is 1. The van der Waals surface area contributed by atoms with Crippen LogP contribution < -0.4 is 4.90 Å². The van der Waals surface area contributed by atoms with E-state index in [0.29, 0.717) is 13.1 Å². The van der Waals surface area contributed by atoms with E-state index in [9.17, 15) is 14.9 Å². The largest absolute Gasteiger partial charge is 0.368 e. The normalized spacial score (nSPS) is 20.0. The van der Waals surface area contributed by atoms with Crippen molar-refractivity contribution in [3.8, 4) is 0 Å². The van der Waals surface area contributed by atoms with Crippen LogP contribution in [0.2, 0.25) is 5.02 Å². The molecule has 0 N–H and O–H groups in total. The molecule has 0 radical (unpaired) electrons. The van der Waals surface area contributed by atoms with E-state index in [1.807, 2.05) is 29.2 Å². The Balaban J connectivity index is 1.36. The number of non-ortho nitro benzene ring substituents is 1. The number of nitro benzene ring substituents is 1. The van der Waals surface area contributed by atoms with Gasteiger partial charge in [0, 0.05) is 55.6 Å². The first-order valence-corrected chi connectivity index (χ1v) is 11.2. The number of anilines is 1. The summed E-state index contributed by atoms with van der Waals surface area (Å²) in [6, 6.07) is 14.4. The zero-order valence-corrected chi connectivity index (χ0v) is 18.2. The molecular formula is C23H27ClN4O3. The second-order valence-electron chi connectivity index (χ2n) is 8.19. The van der Waals surface area contributed by atoms with Crippen molar-refractivity contribution in [2.24, 2.45) is 0 Å². The smallest absolute Gasteiger partial charge is 0.269 e. The molecule has 1 unspecified atom stereocenters. The first kappa shape index (κ1) is 21.6. The number of nitro groups is 1. The van der Waals surface area contributed by atoms with Gasteiger partial charge in [0.1, 0.15) is 0 Å². The lowest BCUT2D eigenvalue weighted by Gasteiger charge is -2.41. The number of halogens is 1.